The van der Waals surface area contributed by atoms with Crippen molar-refractivity contribution in [2.45, 2.75) is 186 Å². The molecule has 4 unspecified atom stereocenters. The third-order valence-electron chi connectivity index (χ3n) is 8.67. The molecule has 0 fully saturated rings. The second-order valence-corrected chi connectivity index (χ2v) is 15.1. The molecule has 0 aliphatic rings. The Labute approximate surface area is 312 Å². The zero-order valence-corrected chi connectivity index (χ0v) is 33.3. The molecule has 0 radical (unpaired) electrons. The van der Waals surface area contributed by atoms with E-state index in [9.17, 15) is 24.5 Å². The van der Waals surface area contributed by atoms with E-state index in [1.807, 2.05) is 0 Å². The van der Waals surface area contributed by atoms with Crippen LogP contribution >= 0.6 is 7.82 Å². The van der Waals surface area contributed by atoms with Gasteiger partial charge in [-0.1, -0.05) is 146 Å². The molecule has 0 aromatic heterocycles. The summed E-state index contributed by atoms with van der Waals surface area (Å²) in [5.74, 6) is -0.469. The zero-order valence-electron chi connectivity index (χ0n) is 32.4. The number of nitrogens with two attached hydrogens (primary N) is 1. The van der Waals surface area contributed by atoms with E-state index in [0.717, 1.165) is 57.8 Å². The number of allylic oxidation sites excluding steroid dienone is 7. The molecule has 0 saturated heterocycles. The van der Waals surface area contributed by atoms with Crippen molar-refractivity contribution in [3.8, 4) is 0 Å². The average Bonchev–Trinajstić information content (AvgIpc) is 3.10. The average molecular weight is 741 g/mol. The Kier molecular flexibility index (Phi) is 35.6. The number of phosphoric ester groups is 1. The second-order valence-electron chi connectivity index (χ2n) is 13.6. The largest absolute Gasteiger partial charge is 0.472 e. The van der Waals surface area contributed by atoms with E-state index < -0.39 is 38.6 Å². The van der Waals surface area contributed by atoms with Crippen LogP contribution in [0.15, 0.2) is 48.6 Å². The Morgan fingerprint density at radius 2 is 1.18 bits per heavy atom. The highest BCUT2D eigenvalue weighted by atomic mass is 31.2. The van der Waals surface area contributed by atoms with Crippen LogP contribution in [0.2, 0.25) is 0 Å². The Bertz CT molecular complexity index is 956. The van der Waals surface area contributed by atoms with Crippen LogP contribution in [0.25, 0.3) is 0 Å². The molecule has 51 heavy (non-hydrogen) atoms. The van der Waals surface area contributed by atoms with Gasteiger partial charge in [0.25, 0.3) is 0 Å². The number of aliphatic hydroxyl groups is 2. The fourth-order valence-corrected chi connectivity index (χ4v) is 6.38. The first-order valence-electron chi connectivity index (χ1n) is 20.3. The van der Waals surface area contributed by atoms with E-state index in [-0.39, 0.29) is 19.6 Å². The van der Waals surface area contributed by atoms with Crippen molar-refractivity contribution in [3.63, 3.8) is 0 Å². The maximum atomic E-state index is 12.7. The summed E-state index contributed by atoms with van der Waals surface area (Å²) in [5.41, 5.74) is 5.34. The van der Waals surface area contributed by atoms with E-state index in [2.05, 4.69) is 55.6 Å². The van der Waals surface area contributed by atoms with Crippen molar-refractivity contribution in [2.75, 3.05) is 19.8 Å². The highest BCUT2D eigenvalue weighted by molar-refractivity contribution is 7.47. The third-order valence-corrected chi connectivity index (χ3v) is 9.65. The van der Waals surface area contributed by atoms with Gasteiger partial charge in [0, 0.05) is 6.54 Å². The van der Waals surface area contributed by atoms with Crippen LogP contribution in [0, 0.1) is 0 Å². The van der Waals surface area contributed by atoms with Gasteiger partial charge < -0.3 is 26.2 Å². The lowest BCUT2D eigenvalue weighted by Crippen LogP contribution is -2.46. The van der Waals surface area contributed by atoms with Crippen LogP contribution in [0.4, 0.5) is 0 Å². The molecule has 0 aliphatic heterocycles. The van der Waals surface area contributed by atoms with E-state index in [1.165, 1.54) is 77.0 Å². The molecule has 1 amide bonds. The molecule has 0 heterocycles. The summed E-state index contributed by atoms with van der Waals surface area (Å²) < 4.78 is 21.9. The van der Waals surface area contributed by atoms with Crippen molar-refractivity contribution in [1.82, 2.24) is 5.32 Å². The number of carbonyl (C=O) groups is 1. The molecule has 10 heteroatoms. The van der Waals surface area contributed by atoms with Crippen LogP contribution in [0.1, 0.15) is 168 Å². The Balaban J connectivity index is 4.30. The van der Waals surface area contributed by atoms with Gasteiger partial charge >= 0.3 is 7.82 Å². The highest BCUT2D eigenvalue weighted by Crippen LogP contribution is 2.43. The van der Waals surface area contributed by atoms with E-state index in [1.54, 1.807) is 12.2 Å². The molecule has 0 aromatic rings. The lowest BCUT2D eigenvalue weighted by molar-refractivity contribution is -0.124. The summed E-state index contributed by atoms with van der Waals surface area (Å²) in [5, 5.41) is 23.9. The fourth-order valence-electron chi connectivity index (χ4n) is 5.62. The molecule has 0 rings (SSSR count). The van der Waals surface area contributed by atoms with Gasteiger partial charge in [-0.2, -0.15) is 0 Å². The number of rotatable bonds is 37. The molecule has 0 aromatic carbocycles. The number of unbranched alkanes of at least 4 members (excludes halogenated alkanes) is 17. The molecular formula is C41H77N2O7P. The van der Waals surface area contributed by atoms with Crippen LogP contribution in [-0.4, -0.2) is 59.0 Å². The number of amides is 1. The zero-order chi connectivity index (χ0) is 37.7. The lowest BCUT2D eigenvalue weighted by Gasteiger charge is -2.24. The highest BCUT2D eigenvalue weighted by Gasteiger charge is 2.27. The lowest BCUT2D eigenvalue weighted by atomic mass is 10.0. The van der Waals surface area contributed by atoms with Gasteiger partial charge in [-0.3, -0.25) is 13.8 Å². The van der Waals surface area contributed by atoms with Gasteiger partial charge in [-0.15, -0.1) is 0 Å². The number of phosphoric acid groups is 1. The molecule has 0 spiro atoms. The molecule has 298 valence electrons. The Hall–Kier alpha value is -1.58. The summed E-state index contributed by atoms with van der Waals surface area (Å²) in [6.45, 7) is 3.80. The number of hydrogen-bond donors (Lipinski definition) is 5. The van der Waals surface area contributed by atoms with Gasteiger partial charge in [-0.25, -0.2) is 4.57 Å². The number of aliphatic hydroxyl groups excluding tert-OH is 2. The van der Waals surface area contributed by atoms with E-state index in [4.69, 9.17) is 14.8 Å². The van der Waals surface area contributed by atoms with Crippen molar-refractivity contribution < 1.29 is 33.5 Å². The molecule has 0 saturated carbocycles. The Morgan fingerprint density at radius 3 is 1.73 bits per heavy atom. The normalized spacial score (nSPS) is 15.3. The summed E-state index contributed by atoms with van der Waals surface area (Å²) in [7, 11) is -4.41. The standard InChI is InChI=1S/C41H77N2O7P/c1-3-5-7-9-11-13-15-16-17-18-19-20-21-22-23-24-26-28-30-32-38(44)36-41(46)43-39(37-50-51(47,48)49-35-34-42)40(45)33-31-29-27-25-14-12-10-8-6-4-2/h6,8,14,20-21,25,31,33,38-40,44-45H,3-5,7,9-13,15-19,22-24,26-30,32,34-37,42H2,1-2H3,(H,43,46)(H,47,48)/b8-6+,21-20-,25-14+,33-31+. The topological polar surface area (TPSA) is 151 Å². The summed E-state index contributed by atoms with van der Waals surface area (Å²) in [6.07, 6.45) is 40.7. The monoisotopic (exact) mass is 741 g/mol. The third kappa shape index (κ3) is 35.2. The van der Waals surface area contributed by atoms with Crippen LogP contribution < -0.4 is 11.1 Å². The van der Waals surface area contributed by atoms with E-state index >= 15 is 0 Å². The smallest absolute Gasteiger partial charge is 0.393 e. The van der Waals surface area contributed by atoms with Gasteiger partial charge in [0.1, 0.15) is 0 Å². The minimum absolute atomic E-state index is 0.0397. The molecule has 0 aliphatic carbocycles. The summed E-state index contributed by atoms with van der Waals surface area (Å²) >= 11 is 0. The van der Waals surface area contributed by atoms with Crippen molar-refractivity contribution in [1.29, 1.82) is 0 Å². The fraction of sp³-hybridized carbons (Fsp3) is 0.780. The second kappa shape index (κ2) is 36.8. The van der Waals surface area contributed by atoms with Crippen molar-refractivity contribution in [3.05, 3.63) is 48.6 Å². The number of carbonyl (C=O) groups excluding carboxylic acids is 1. The quantitative estimate of drug-likeness (QED) is 0.0240. The predicted octanol–water partition coefficient (Wildman–Crippen LogP) is 9.91. The first-order chi connectivity index (χ1) is 24.8. The van der Waals surface area contributed by atoms with Gasteiger partial charge in [0.05, 0.1) is 37.9 Å². The molecule has 6 N–H and O–H groups in total. The summed E-state index contributed by atoms with van der Waals surface area (Å²) in [6, 6.07) is -1.01. The maximum absolute atomic E-state index is 12.7. The number of hydrogen-bond acceptors (Lipinski definition) is 7. The van der Waals surface area contributed by atoms with E-state index in [0.29, 0.717) is 12.8 Å². The number of nitrogens with one attached hydrogen (secondary N) is 1. The minimum atomic E-state index is -4.41. The van der Waals surface area contributed by atoms with Gasteiger partial charge in [0.2, 0.25) is 5.91 Å². The van der Waals surface area contributed by atoms with Crippen LogP contribution in [0.5, 0.6) is 0 Å². The molecular weight excluding hydrogens is 663 g/mol. The van der Waals surface area contributed by atoms with Crippen molar-refractivity contribution in [2.24, 2.45) is 5.73 Å². The maximum Gasteiger partial charge on any atom is 0.472 e. The first kappa shape index (κ1) is 49.4. The van der Waals surface area contributed by atoms with Gasteiger partial charge in [0.15, 0.2) is 0 Å². The molecule has 9 nitrogen and oxygen atoms in total. The SMILES string of the molecule is CC/C=C/CC/C=C/CC/C=C/C(O)C(COP(=O)(O)OCCN)NC(=O)CC(O)CCCCCCC/C=C\CCCCCCCCCCCC. The molecule has 4 atom stereocenters. The van der Waals surface area contributed by atoms with Crippen LogP contribution in [0.3, 0.4) is 0 Å². The Morgan fingerprint density at radius 1 is 0.686 bits per heavy atom. The van der Waals surface area contributed by atoms with Gasteiger partial charge in [-0.05, 0) is 64.2 Å². The molecule has 0 bridgehead atoms. The van der Waals surface area contributed by atoms with Crippen LogP contribution in [-0.2, 0) is 18.4 Å². The predicted molar refractivity (Wildman–Crippen MR) is 213 cm³/mol. The van der Waals surface area contributed by atoms with Crippen molar-refractivity contribution >= 4 is 13.7 Å². The minimum Gasteiger partial charge on any atom is -0.393 e. The summed E-state index contributed by atoms with van der Waals surface area (Å²) in [4.78, 5) is 22.6. The first-order valence-corrected chi connectivity index (χ1v) is 21.8.